The Hall–Kier alpha value is -1.50. The molecule has 0 saturated heterocycles. The average molecular weight is 362 g/mol. The third-order valence-corrected chi connectivity index (χ3v) is 5.18. The quantitative estimate of drug-likeness (QED) is 0.752. The monoisotopic (exact) mass is 361 g/mol. The summed E-state index contributed by atoms with van der Waals surface area (Å²) in [4.78, 5) is 5.50. The molecule has 0 aliphatic carbocycles. The Morgan fingerprint density at radius 1 is 1.19 bits per heavy atom. The Balaban J connectivity index is 1.69. The summed E-state index contributed by atoms with van der Waals surface area (Å²) < 4.78 is 6.47. The topological polar surface area (TPSA) is 51.0 Å². The molecular formula is C15H12BrN3OS. The molecule has 3 aromatic rings. The van der Waals surface area contributed by atoms with E-state index in [2.05, 4.69) is 49.6 Å². The molecule has 3 heterocycles. The van der Waals surface area contributed by atoms with Crippen LogP contribution in [0.4, 0.5) is 0 Å². The molecule has 4 rings (SSSR count). The van der Waals surface area contributed by atoms with Crippen molar-refractivity contribution in [3.8, 4) is 22.2 Å². The number of hydrogen-bond acceptors (Lipinski definition) is 5. The summed E-state index contributed by atoms with van der Waals surface area (Å²) in [7, 11) is 0. The molecule has 4 nitrogen and oxygen atoms in total. The number of hydrogen-bond donors (Lipinski definition) is 1. The summed E-state index contributed by atoms with van der Waals surface area (Å²) in [5, 5.41) is 7.46. The maximum atomic E-state index is 5.42. The number of aromatic nitrogens is 2. The van der Waals surface area contributed by atoms with Gasteiger partial charge in [0.15, 0.2) is 0 Å². The number of benzene rings is 1. The second-order valence-corrected chi connectivity index (χ2v) is 7.40. The van der Waals surface area contributed by atoms with Crippen LogP contribution < -0.4 is 5.32 Å². The number of nitrogens with one attached hydrogen (secondary N) is 1. The van der Waals surface area contributed by atoms with Gasteiger partial charge in [-0.25, -0.2) is 0 Å². The summed E-state index contributed by atoms with van der Waals surface area (Å²) in [5.74, 6) is 1.21. The van der Waals surface area contributed by atoms with E-state index in [4.69, 9.17) is 4.52 Å². The van der Waals surface area contributed by atoms with Gasteiger partial charge >= 0.3 is 0 Å². The summed E-state index contributed by atoms with van der Waals surface area (Å²) >= 11 is 5.04. The van der Waals surface area contributed by atoms with E-state index in [1.165, 1.54) is 11.1 Å². The van der Waals surface area contributed by atoms with Crippen molar-refractivity contribution in [2.45, 2.75) is 13.0 Å². The van der Waals surface area contributed by atoms with Crippen molar-refractivity contribution < 1.29 is 4.52 Å². The number of fused-ring (bicyclic) bond motifs is 1. The normalized spacial score (nSPS) is 14.1. The Kier molecular flexibility index (Phi) is 3.37. The molecule has 6 heteroatoms. The number of thiophene rings is 1. The summed E-state index contributed by atoms with van der Waals surface area (Å²) in [5.41, 5.74) is 3.70. The maximum absolute atomic E-state index is 5.42. The zero-order valence-electron chi connectivity index (χ0n) is 11.1. The van der Waals surface area contributed by atoms with Gasteiger partial charge in [0.05, 0.1) is 8.66 Å². The first-order valence-corrected chi connectivity index (χ1v) is 8.33. The van der Waals surface area contributed by atoms with E-state index in [-0.39, 0.29) is 0 Å². The molecule has 0 radical (unpaired) electrons. The van der Waals surface area contributed by atoms with Crippen molar-refractivity contribution in [2.75, 3.05) is 6.54 Å². The highest BCUT2D eigenvalue weighted by molar-refractivity contribution is 9.11. The summed E-state index contributed by atoms with van der Waals surface area (Å²) in [6, 6.07) is 10.3. The van der Waals surface area contributed by atoms with Crippen molar-refractivity contribution in [1.29, 1.82) is 0 Å². The standard InChI is InChI=1S/C15H12BrN3OS/c16-13-4-3-12(21-13)14-18-15(20-19-14)10-2-1-9-5-6-17-8-11(9)7-10/h1-4,7,17H,5-6,8H2. The van der Waals surface area contributed by atoms with E-state index in [0.29, 0.717) is 11.7 Å². The molecule has 0 atom stereocenters. The van der Waals surface area contributed by atoms with Gasteiger partial charge in [-0.05, 0) is 64.3 Å². The smallest absolute Gasteiger partial charge is 0.258 e. The Bertz CT molecular complexity index is 796. The highest BCUT2D eigenvalue weighted by Crippen LogP contribution is 2.31. The second kappa shape index (κ2) is 5.36. The summed E-state index contributed by atoms with van der Waals surface area (Å²) in [6.45, 7) is 1.95. The molecule has 0 bridgehead atoms. The Labute approximate surface area is 134 Å². The van der Waals surface area contributed by atoms with Crippen LogP contribution in [0.2, 0.25) is 0 Å². The minimum absolute atomic E-state index is 0.572. The van der Waals surface area contributed by atoms with Crippen LogP contribution in [0.1, 0.15) is 11.1 Å². The molecule has 1 aliphatic rings. The predicted octanol–water partition coefficient (Wildman–Crippen LogP) is 3.87. The van der Waals surface area contributed by atoms with Gasteiger partial charge in [-0.2, -0.15) is 4.98 Å². The van der Waals surface area contributed by atoms with Gasteiger partial charge in [-0.15, -0.1) is 11.3 Å². The molecule has 0 amide bonds. The fourth-order valence-electron chi connectivity index (χ4n) is 2.49. The SMILES string of the molecule is Brc1ccc(-c2noc(-c3ccc4c(c3)CNCC4)n2)s1. The lowest BCUT2D eigenvalue weighted by molar-refractivity contribution is 0.432. The van der Waals surface area contributed by atoms with E-state index in [1.807, 2.05) is 12.1 Å². The van der Waals surface area contributed by atoms with Crippen LogP contribution in [0.25, 0.3) is 22.2 Å². The molecule has 0 saturated carbocycles. The lowest BCUT2D eigenvalue weighted by Gasteiger charge is -2.16. The molecule has 1 aliphatic heterocycles. The van der Waals surface area contributed by atoms with E-state index in [9.17, 15) is 0 Å². The lowest BCUT2D eigenvalue weighted by atomic mass is 9.98. The van der Waals surface area contributed by atoms with Crippen LogP contribution in [0.5, 0.6) is 0 Å². The van der Waals surface area contributed by atoms with Gasteiger partial charge < -0.3 is 9.84 Å². The van der Waals surface area contributed by atoms with Crippen molar-refractivity contribution in [1.82, 2.24) is 15.5 Å². The zero-order chi connectivity index (χ0) is 14.2. The predicted molar refractivity (Wildman–Crippen MR) is 86.2 cm³/mol. The zero-order valence-corrected chi connectivity index (χ0v) is 13.5. The minimum atomic E-state index is 0.572. The third kappa shape index (κ3) is 2.54. The maximum Gasteiger partial charge on any atom is 0.258 e. The van der Waals surface area contributed by atoms with Crippen LogP contribution >= 0.6 is 27.3 Å². The van der Waals surface area contributed by atoms with E-state index in [0.717, 1.165) is 33.7 Å². The average Bonchev–Trinajstić information content (AvgIpc) is 3.15. The van der Waals surface area contributed by atoms with Gasteiger partial charge in [0.2, 0.25) is 5.82 Å². The highest BCUT2D eigenvalue weighted by atomic mass is 79.9. The molecule has 1 aromatic carbocycles. The number of rotatable bonds is 2. The Morgan fingerprint density at radius 2 is 2.14 bits per heavy atom. The van der Waals surface area contributed by atoms with Crippen LogP contribution in [-0.4, -0.2) is 16.7 Å². The van der Waals surface area contributed by atoms with E-state index >= 15 is 0 Å². The largest absolute Gasteiger partial charge is 0.334 e. The fraction of sp³-hybridized carbons (Fsp3) is 0.200. The van der Waals surface area contributed by atoms with Crippen LogP contribution in [0.15, 0.2) is 38.6 Å². The van der Waals surface area contributed by atoms with Gasteiger partial charge in [-0.3, -0.25) is 0 Å². The molecule has 0 fully saturated rings. The van der Waals surface area contributed by atoms with Crippen LogP contribution in [-0.2, 0) is 13.0 Å². The van der Waals surface area contributed by atoms with Crippen LogP contribution in [0.3, 0.4) is 0 Å². The molecule has 1 N–H and O–H groups in total. The van der Waals surface area contributed by atoms with Gasteiger partial charge in [-0.1, -0.05) is 11.2 Å². The van der Waals surface area contributed by atoms with Crippen molar-refractivity contribution >= 4 is 27.3 Å². The second-order valence-electron chi connectivity index (χ2n) is 4.94. The summed E-state index contributed by atoms with van der Waals surface area (Å²) in [6.07, 6.45) is 1.08. The number of nitrogens with zero attached hydrogens (tertiary/aromatic N) is 2. The van der Waals surface area contributed by atoms with Crippen molar-refractivity contribution in [3.63, 3.8) is 0 Å². The third-order valence-electron chi connectivity index (χ3n) is 3.56. The lowest BCUT2D eigenvalue weighted by Crippen LogP contribution is -2.23. The van der Waals surface area contributed by atoms with Crippen molar-refractivity contribution in [3.05, 3.63) is 45.2 Å². The first kappa shape index (κ1) is 13.2. The molecular weight excluding hydrogens is 350 g/mol. The Morgan fingerprint density at radius 3 is 3.00 bits per heavy atom. The van der Waals surface area contributed by atoms with E-state index < -0.39 is 0 Å². The van der Waals surface area contributed by atoms with Gasteiger partial charge in [0, 0.05) is 12.1 Å². The molecule has 106 valence electrons. The molecule has 2 aromatic heterocycles. The van der Waals surface area contributed by atoms with Crippen LogP contribution in [0, 0.1) is 0 Å². The highest BCUT2D eigenvalue weighted by Gasteiger charge is 2.15. The fourth-order valence-corrected chi connectivity index (χ4v) is 3.80. The number of halogens is 1. The van der Waals surface area contributed by atoms with Gasteiger partial charge in [0.25, 0.3) is 5.89 Å². The first-order valence-electron chi connectivity index (χ1n) is 6.72. The molecule has 0 unspecified atom stereocenters. The molecule has 21 heavy (non-hydrogen) atoms. The van der Waals surface area contributed by atoms with Gasteiger partial charge in [0.1, 0.15) is 0 Å². The molecule has 0 spiro atoms. The minimum Gasteiger partial charge on any atom is -0.334 e. The first-order chi connectivity index (χ1) is 10.3. The van der Waals surface area contributed by atoms with Crippen molar-refractivity contribution in [2.24, 2.45) is 0 Å². The van der Waals surface area contributed by atoms with E-state index in [1.54, 1.807) is 11.3 Å².